The summed E-state index contributed by atoms with van der Waals surface area (Å²) in [5.74, 6) is 0.495. The van der Waals surface area contributed by atoms with Gasteiger partial charge in [-0.2, -0.15) is 0 Å². The van der Waals surface area contributed by atoms with Crippen LogP contribution in [0.25, 0.3) is 33.4 Å². The second-order valence-corrected chi connectivity index (χ2v) is 6.50. The van der Waals surface area contributed by atoms with Crippen LogP contribution < -0.4 is 16.1 Å². The quantitative estimate of drug-likeness (QED) is 0.609. The van der Waals surface area contributed by atoms with Crippen LogP contribution in [0.5, 0.6) is 0 Å². The summed E-state index contributed by atoms with van der Waals surface area (Å²) >= 11 is 0. The molecule has 0 aliphatic carbocycles. The minimum Gasteiger partial charge on any atom is -0.422 e. The van der Waals surface area contributed by atoms with Crippen molar-refractivity contribution in [2.45, 2.75) is 0 Å². The van der Waals surface area contributed by atoms with Gasteiger partial charge in [0.2, 0.25) is 0 Å². The van der Waals surface area contributed by atoms with Crippen molar-refractivity contribution >= 4 is 10.8 Å². The highest BCUT2D eigenvalue weighted by molar-refractivity contribution is 5.86. The van der Waals surface area contributed by atoms with Gasteiger partial charge in [0.25, 0.3) is 0 Å². The standard InChI is InChI=1S/C22H19N3O2/c1-24(2)25-18(15-9-5-3-6-10-15)13-17-14-19(16-11-7-4-8-12-16)27-22(26)20(17)21(25)23/h3-14,23H,1-2H3. The molecule has 27 heavy (non-hydrogen) atoms. The molecule has 0 bridgehead atoms. The van der Waals surface area contributed by atoms with Gasteiger partial charge in [-0.05, 0) is 17.5 Å². The minimum absolute atomic E-state index is 0.102. The zero-order valence-corrected chi connectivity index (χ0v) is 15.1. The van der Waals surface area contributed by atoms with Crippen LogP contribution in [0.1, 0.15) is 0 Å². The predicted molar refractivity (Wildman–Crippen MR) is 107 cm³/mol. The average molecular weight is 357 g/mol. The summed E-state index contributed by atoms with van der Waals surface area (Å²) in [6.07, 6.45) is 0. The molecule has 5 heteroatoms. The number of nitrogens with zero attached hydrogens (tertiary/aromatic N) is 2. The molecular formula is C22H19N3O2. The van der Waals surface area contributed by atoms with E-state index >= 15 is 0 Å². The van der Waals surface area contributed by atoms with Crippen molar-refractivity contribution in [3.05, 3.63) is 88.7 Å². The Kier molecular flexibility index (Phi) is 4.12. The lowest BCUT2D eigenvalue weighted by atomic mass is 10.1. The van der Waals surface area contributed by atoms with Crippen LogP contribution in [0, 0.1) is 5.41 Å². The van der Waals surface area contributed by atoms with Gasteiger partial charge in [0.05, 0.1) is 5.69 Å². The first kappa shape index (κ1) is 16.8. The van der Waals surface area contributed by atoms with Crippen LogP contribution in [0.2, 0.25) is 0 Å². The molecule has 0 amide bonds. The summed E-state index contributed by atoms with van der Waals surface area (Å²) in [4.78, 5) is 12.7. The molecule has 2 aromatic heterocycles. The molecule has 5 nitrogen and oxygen atoms in total. The fourth-order valence-electron chi connectivity index (χ4n) is 3.27. The number of hydrogen-bond donors (Lipinski definition) is 1. The molecule has 0 unspecified atom stereocenters. The molecule has 134 valence electrons. The molecule has 4 rings (SSSR count). The predicted octanol–water partition coefficient (Wildman–Crippen LogP) is 3.61. The number of nitrogens with one attached hydrogen (secondary N) is 1. The van der Waals surface area contributed by atoms with Gasteiger partial charge in [0.1, 0.15) is 11.1 Å². The molecule has 4 aromatic rings. The molecule has 1 N–H and O–H groups in total. The number of benzene rings is 2. The van der Waals surface area contributed by atoms with E-state index in [4.69, 9.17) is 9.83 Å². The number of hydrogen-bond acceptors (Lipinski definition) is 4. The Morgan fingerprint density at radius 3 is 2.07 bits per heavy atom. The maximum atomic E-state index is 12.7. The molecule has 2 aromatic carbocycles. The molecule has 2 heterocycles. The monoisotopic (exact) mass is 357 g/mol. The first-order chi connectivity index (χ1) is 13.1. The third-order valence-corrected chi connectivity index (χ3v) is 4.48. The van der Waals surface area contributed by atoms with E-state index in [9.17, 15) is 4.79 Å². The van der Waals surface area contributed by atoms with Crippen LogP contribution in [0.3, 0.4) is 0 Å². The van der Waals surface area contributed by atoms with Gasteiger partial charge >= 0.3 is 5.63 Å². The Labute approximate surface area is 156 Å². The van der Waals surface area contributed by atoms with Gasteiger partial charge in [0, 0.05) is 25.2 Å². The van der Waals surface area contributed by atoms with Gasteiger partial charge in [-0.1, -0.05) is 60.7 Å². The van der Waals surface area contributed by atoms with E-state index in [1.165, 1.54) is 0 Å². The highest BCUT2D eigenvalue weighted by Crippen LogP contribution is 2.25. The summed E-state index contributed by atoms with van der Waals surface area (Å²) in [7, 11) is 3.69. The molecular weight excluding hydrogens is 338 g/mol. The summed E-state index contributed by atoms with van der Waals surface area (Å²) in [6, 6.07) is 23.1. The third-order valence-electron chi connectivity index (χ3n) is 4.48. The largest absolute Gasteiger partial charge is 0.422 e. The van der Waals surface area contributed by atoms with Crippen LogP contribution in [-0.4, -0.2) is 18.8 Å². The van der Waals surface area contributed by atoms with E-state index in [2.05, 4.69) is 0 Å². The normalized spacial score (nSPS) is 10.9. The summed E-state index contributed by atoms with van der Waals surface area (Å²) in [6.45, 7) is 0. The van der Waals surface area contributed by atoms with Crippen LogP contribution in [0.4, 0.5) is 0 Å². The zero-order valence-electron chi connectivity index (χ0n) is 15.1. The Bertz CT molecular complexity index is 1220. The average Bonchev–Trinajstić information content (AvgIpc) is 2.68. The summed E-state index contributed by atoms with van der Waals surface area (Å²) < 4.78 is 7.24. The third kappa shape index (κ3) is 2.93. The molecule has 0 fully saturated rings. The van der Waals surface area contributed by atoms with E-state index in [-0.39, 0.29) is 10.9 Å². The molecule has 0 spiro atoms. The van der Waals surface area contributed by atoms with Gasteiger partial charge in [0.15, 0.2) is 5.49 Å². The summed E-state index contributed by atoms with van der Waals surface area (Å²) in [5, 5.41) is 11.4. The van der Waals surface area contributed by atoms with Crippen molar-refractivity contribution in [3.63, 3.8) is 0 Å². The molecule has 0 saturated carbocycles. The fourth-order valence-corrected chi connectivity index (χ4v) is 3.27. The molecule has 0 atom stereocenters. The van der Waals surface area contributed by atoms with Crippen LogP contribution in [-0.2, 0) is 0 Å². The number of rotatable bonds is 3. The van der Waals surface area contributed by atoms with Crippen molar-refractivity contribution in [2.24, 2.45) is 0 Å². The van der Waals surface area contributed by atoms with Crippen molar-refractivity contribution in [3.8, 4) is 22.6 Å². The van der Waals surface area contributed by atoms with E-state index in [0.29, 0.717) is 11.1 Å². The highest BCUT2D eigenvalue weighted by Gasteiger charge is 2.15. The maximum Gasteiger partial charge on any atom is 0.348 e. The SMILES string of the molecule is CN(C)n1c(-c2ccccc2)cc2cc(-c3ccccc3)oc(=O)c2c1=N. The Morgan fingerprint density at radius 2 is 1.48 bits per heavy atom. The van der Waals surface area contributed by atoms with Crippen LogP contribution >= 0.6 is 0 Å². The van der Waals surface area contributed by atoms with Crippen LogP contribution in [0.15, 0.2) is 82.0 Å². The van der Waals surface area contributed by atoms with Gasteiger partial charge in [-0.3, -0.25) is 5.41 Å². The van der Waals surface area contributed by atoms with Crippen molar-refractivity contribution in [1.82, 2.24) is 4.68 Å². The van der Waals surface area contributed by atoms with E-state index < -0.39 is 5.63 Å². The molecule has 0 aliphatic heterocycles. The lowest BCUT2D eigenvalue weighted by Crippen LogP contribution is -2.38. The lowest BCUT2D eigenvalue weighted by molar-refractivity contribution is 0.532. The molecule has 0 radical (unpaired) electrons. The number of pyridine rings is 1. The summed E-state index contributed by atoms with van der Waals surface area (Å²) in [5.41, 5.74) is 2.23. The lowest BCUT2D eigenvalue weighted by Gasteiger charge is -2.22. The van der Waals surface area contributed by atoms with E-state index in [1.807, 2.05) is 86.9 Å². The maximum absolute atomic E-state index is 12.7. The Hall–Kier alpha value is -3.60. The van der Waals surface area contributed by atoms with Crippen molar-refractivity contribution in [2.75, 3.05) is 19.1 Å². The van der Waals surface area contributed by atoms with Gasteiger partial charge in [-0.15, -0.1) is 0 Å². The topological polar surface area (TPSA) is 62.2 Å². The second kappa shape index (κ2) is 6.61. The van der Waals surface area contributed by atoms with E-state index in [1.54, 1.807) is 9.69 Å². The fraction of sp³-hybridized carbons (Fsp3) is 0.0909. The molecule has 0 saturated heterocycles. The Balaban J connectivity index is 2.08. The van der Waals surface area contributed by atoms with Crippen molar-refractivity contribution in [1.29, 1.82) is 5.41 Å². The van der Waals surface area contributed by atoms with Gasteiger partial charge in [-0.25, -0.2) is 9.47 Å². The first-order valence-corrected chi connectivity index (χ1v) is 8.63. The highest BCUT2D eigenvalue weighted by atomic mass is 16.4. The Morgan fingerprint density at radius 1 is 0.889 bits per heavy atom. The van der Waals surface area contributed by atoms with Gasteiger partial charge < -0.3 is 9.43 Å². The smallest absolute Gasteiger partial charge is 0.348 e. The van der Waals surface area contributed by atoms with Crippen molar-refractivity contribution < 1.29 is 4.42 Å². The number of aromatic nitrogens is 1. The number of fused-ring (bicyclic) bond motifs is 1. The minimum atomic E-state index is -0.508. The first-order valence-electron chi connectivity index (χ1n) is 8.63. The molecule has 0 aliphatic rings. The zero-order chi connectivity index (χ0) is 19.0. The second-order valence-electron chi connectivity index (χ2n) is 6.50. The van der Waals surface area contributed by atoms with E-state index in [0.717, 1.165) is 16.8 Å².